The van der Waals surface area contributed by atoms with E-state index in [1.54, 1.807) is 0 Å². The van der Waals surface area contributed by atoms with Crippen molar-refractivity contribution in [3.8, 4) is 33.4 Å². The van der Waals surface area contributed by atoms with Gasteiger partial charge in [0.15, 0.2) is 0 Å². The van der Waals surface area contributed by atoms with Crippen molar-refractivity contribution in [2.45, 2.75) is 24.7 Å². The molecule has 0 saturated heterocycles. The van der Waals surface area contributed by atoms with Gasteiger partial charge in [-0.25, -0.2) is 0 Å². The molecule has 2 unspecified atom stereocenters. The Kier molecular flexibility index (Phi) is 12.2. The first-order valence-corrected chi connectivity index (χ1v) is 24.4. The number of hydrogen-bond acceptors (Lipinski definition) is 2. The molecular weight excluding hydrogens is 845 g/mol. The van der Waals surface area contributed by atoms with E-state index in [9.17, 15) is 0 Å². The Morgan fingerprint density at radius 3 is 1.71 bits per heavy atom. The largest absolute Gasteiger partial charge is 0.312 e. The third kappa shape index (κ3) is 7.84. The van der Waals surface area contributed by atoms with Crippen LogP contribution in [0.15, 0.2) is 297 Å². The number of para-hydroxylation sites is 3. The van der Waals surface area contributed by atoms with Crippen LogP contribution in [0.25, 0.3) is 33.4 Å². The van der Waals surface area contributed by atoms with Gasteiger partial charge in [-0.3, -0.25) is 0 Å². The summed E-state index contributed by atoms with van der Waals surface area (Å²) in [7, 11) is 0. The van der Waals surface area contributed by atoms with Crippen molar-refractivity contribution in [1.29, 1.82) is 0 Å². The molecule has 2 nitrogen and oxygen atoms in total. The minimum atomic E-state index is -0.679. The van der Waals surface area contributed by atoms with Gasteiger partial charge in [-0.15, -0.1) is 0 Å². The number of rotatable bonds is 13. The monoisotopic (exact) mass is 898 g/mol. The van der Waals surface area contributed by atoms with Gasteiger partial charge in [0.05, 0.1) is 16.8 Å². The molecule has 2 aliphatic rings. The van der Waals surface area contributed by atoms with Gasteiger partial charge in [-0.05, 0) is 124 Å². The molecule has 9 aromatic carbocycles. The number of hydrogen-bond donors (Lipinski definition) is 0. The molecule has 2 atom stereocenters. The minimum Gasteiger partial charge on any atom is -0.312 e. The van der Waals surface area contributed by atoms with Gasteiger partial charge in [0.25, 0.3) is 0 Å². The minimum absolute atomic E-state index is 0.0817. The highest BCUT2D eigenvalue weighted by atomic mass is 15.2. The molecule has 0 spiro atoms. The van der Waals surface area contributed by atoms with Crippen LogP contribution in [0.1, 0.15) is 41.5 Å². The summed E-state index contributed by atoms with van der Waals surface area (Å²) in [5.74, 6) is 0.0817. The molecule has 0 bridgehead atoms. The van der Waals surface area contributed by atoms with E-state index in [4.69, 9.17) is 0 Å². The van der Waals surface area contributed by atoms with Crippen LogP contribution in [0.3, 0.4) is 0 Å². The average Bonchev–Trinajstić information content (AvgIpc) is 3.72. The normalized spacial score (nSPS) is 16.0. The Balaban J connectivity index is 1.24. The summed E-state index contributed by atoms with van der Waals surface area (Å²) in [6.45, 7) is 6.62. The Bertz CT molecular complexity index is 3360. The molecule has 0 amide bonds. The molecule has 0 aromatic heterocycles. The average molecular weight is 899 g/mol. The highest BCUT2D eigenvalue weighted by Gasteiger charge is 2.47. The second kappa shape index (κ2) is 19.5. The molecule has 0 radical (unpaired) electrons. The van der Waals surface area contributed by atoms with Crippen LogP contribution < -0.4 is 9.80 Å². The molecule has 0 aliphatic heterocycles. The summed E-state index contributed by atoms with van der Waals surface area (Å²) < 4.78 is 0. The Morgan fingerprint density at radius 2 is 1.06 bits per heavy atom. The van der Waals surface area contributed by atoms with Gasteiger partial charge in [0.2, 0.25) is 0 Å². The van der Waals surface area contributed by atoms with E-state index in [1.165, 1.54) is 39.1 Å². The van der Waals surface area contributed by atoms with Crippen LogP contribution >= 0.6 is 0 Å². The maximum absolute atomic E-state index is 4.54. The second-order valence-corrected chi connectivity index (χ2v) is 17.9. The van der Waals surface area contributed by atoms with E-state index in [1.807, 2.05) is 0 Å². The second-order valence-electron chi connectivity index (χ2n) is 17.9. The molecule has 2 aliphatic carbocycles. The molecule has 0 fully saturated rings. The Labute approximate surface area is 413 Å². The molecule has 9 aromatic rings. The van der Waals surface area contributed by atoms with Crippen molar-refractivity contribution < 1.29 is 0 Å². The van der Waals surface area contributed by atoms with E-state index in [0.717, 1.165) is 62.7 Å². The quantitative estimate of drug-likeness (QED) is 0.106. The predicted octanol–water partition coefficient (Wildman–Crippen LogP) is 18.3. The van der Waals surface area contributed by atoms with Crippen LogP contribution in [-0.2, 0) is 5.41 Å². The number of nitrogens with zero attached hydrogens (tertiary/aromatic N) is 2. The summed E-state index contributed by atoms with van der Waals surface area (Å²) >= 11 is 0. The highest BCUT2D eigenvalue weighted by molar-refractivity contribution is 5.98. The van der Waals surface area contributed by atoms with Crippen LogP contribution in [-0.4, -0.2) is 0 Å². The summed E-state index contributed by atoms with van der Waals surface area (Å²) in [6, 6.07) is 86.3. The van der Waals surface area contributed by atoms with Crippen LogP contribution in [0.5, 0.6) is 0 Å². The van der Waals surface area contributed by atoms with Crippen molar-refractivity contribution in [2.24, 2.45) is 0 Å². The first-order chi connectivity index (χ1) is 34.7. The molecule has 11 rings (SSSR count). The number of anilines is 5. The lowest BCUT2D eigenvalue weighted by Crippen LogP contribution is -2.30. The molecule has 0 heterocycles. The summed E-state index contributed by atoms with van der Waals surface area (Å²) in [4.78, 5) is 4.92. The lowest BCUT2D eigenvalue weighted by molar-refractivity contribution is 0.762. The maximum Gasteiger partial charge on any atom is 0.0714 e. The zero-order chi connectivity index (χ0) is 47.3. The first-order valence-electron chi connectivity index (χ1n) is 24.4. The molecular formula is C68H54N2. The van der Waals surface area contributed by atoms with Gasteiger partial charge < -0.3 is 9.80 Å². The number of fused-ring (bicyclic) bond motifs is 3. The third-order valence-corrected chi connectivity index (χ3v) is 14.0. The van der Waals surface area contributed by atoms with Crippen molar-refractivity contribution in [3.63, 3.8) is 0 Å². The molecule has 70 heavy (non-hydrogen) atoms. The van der Waals surface area contributed by atoms with Crippen molar-refractivity contribution in [1.82, 2.24) is 0 Å². The lowest BCUT2D eigenvalue weighted by Gasteiger charge is -2.39. The zero-order valence-electron chi connectivity index (χ0n) is 39.4. The first kappa shape index (κ1) is 43.8. The standard InChI is InChI=1S/C68H54N2/c1-3-5-31-53(4-2)68(54-32-15-8-16-33-54)63-41-24-21-40-60(63)62-48-61(52-44-46-57(47-45-52)69(55-34-17-9-18-35-55)56-36-19-10-20-37-56)67(49-64(62)68)70(65-42-25-22-38-58(65)50-27-11-6-12-28-50)66-43-26-23-39-59(66)51-29-13-7-14-30-51/h3-38,40-49,59H,2,39H2,1H3/b5-3-,53-31+. The topological polar surface area (TPSA) is 6.48 Å². The summed E-state index contributed by atoms with van der Waals surface area (Å²) in [5, 5.41) is 0. The van der Waals surface area contributed by atoms with Gasteiger partial charge in [0.1, 0.15) is 0 Å². The lowest BCUT2D eigenvalue weighted by atomic mass is 9.66. The summed E-state index contributed by atoms with van der Waals surface area (Å²) in [5.41, 5.74) is 19.1. The SMILES string of the molecule is C=C/C(=C\C=C/C)C1(c2ccccc2)c2ccccc2-c2cc(-c3ccc(N(c4ccccc4)c4ccccc4)cc3)c(N(C3=CC=CCC3c3ccccc3)c3ccccc3-c3ccccc3)cc21. The van der Waals surface area contributed by atoms with Gasteiger partial charge in [-0.2, -0.15) is 0 Å². The van der Waals surface area contributed by atoms with Crippen LogP contribution in [0, 0.1) is 0 Å². The van der Waals surface area contributed by atoms with E-state index in [-0.39, 0.29) is 5.92 Å². The smallest absolute Gasteiger partial charge is 0.0714 e. The van der Waals surface area contributed by atoms with Gasteiger partial charge in [-0.1, -0.05) is 225 Å². The zero-order valence-corrected chi connectivity index (χ0v) is 39.4. The fraction of sp³-hybridized carbons (Fsp3) is 0.0588. The number of benzene rings is 9. The predicted molar refractivity (Wildman–Crippen MR) is 296 cm³/mol. The van der Waals surface area contributed by atoms with E-state index >= 15 is 0 Å². The van der Waals surface area contributed by atoms with Crippen LogP contribution in [0.4, 0.5) is 28.4 Å². The van der Waals surface area contributed by atoms with Gasteiger partial charge >= 0.3 is 0 Å². The Hall–Kier alpha value is -8.72. The molecule has 2 heteroatoms. The van der Waals surface area contributed by atoms with Crippen molar-refractivity contribution in [3.05, 3.63) is 319 Å². The van der Waals surface area contributed by atoms with E-state index < -0.39 is 5.41 Å². The maximum atomic E-state index is 4.54. The van der Waals surface area contributed by atoms with Crippen LogP contribution in [0.2, 0.25) is 0 Å². The van der Waals surface area contributed by atoms with E-state index in [0.29, 0.717) is 0 Å². The third-order valence-electron chi connectivity index (χ3n) is 14.0. The number of allylic oxidation sites excluding steroid dienone is 9. The van der Waals surface area contributed by atoms with Gasteiger partial charge in [0, 0.05) is 39.8 Å². The van der Waals surface area contributed by atoms with Crippen molar-refractivity contribution in [2.75, 3.05) is 9.80 Å². The Morgan fingerprint density at radius 1 is 0.500 bits per heavy atom. The molecule has 336 valence electrons. The van der Waals surface area contributed by atoms with E-state index in [2.05, 4.69) is 302 Å². The molecule has 0 saturated carbocycles. The fourth-order valence-corrected chi connectivity index (χ4v) is 10.9. The molecule has 0 N–H and O–H groups in total. The fourth-order valence-electron chi connectivity index (χ4n) is 10.9. The van der Waals surface area contributed by atoms with Crippen molar-refractivity contribution >= 4 is 28.4 Å². The summed E-state index contributed by atoms with van der Waals surface area (Å²) in [6.07, 6.45) is 16.4. The highest BCUT2D eigenvalue weighted by Crippen LogP contribution is 2.60.